The minimum atomic E-state index is 0.382. The van der Waals surface area contributed by atoms with Crippen molar-refractivity contribution in [2.24, 2.45) is 0 Å². The van der Waals surface area contributed by atoms with E-state index in [2.05, 4.69) is 47.0 Å². The average Bonchev–Trinajstić information content (AvgIpc) is 2.85. The molecule has 0 spiro atoms. The molecule has 20 heavy (non-hydrogen) atoms. The third-order valence-electron chi connectivity index (χ3n) is 4.56. The zero-order valence-electron chi connectivity index (χ0n) is 12.9. The number of hydrogen-bond donors (Lipinski definition) is 1. The molecule has 2 aliphatic heterocycles. The van der Waals surface area contributed by atoms with Crippen LogP contribution in [0.25, 0.3) is 0 Å². The Morgan fingerprint density at radius 1 is 1.25 bits per heavy atom. The van der Waals surface area contributed by atoms with E-state index in [1.807, 2.05) is 0 Å². The number of piperidine rings is 1. The molecular formula is C16H26N4. The highest BCUT2D eigenvalue weighted by molar-refractivity contribution is 5.37. The number of nitrogens with zero attached hydrogens (tertiary/aromatic N) is 3. The smallest absolute Gasteiger partial charge is 0.133 e. The van der Waals surface area contributed by atoms with E-state index in [0.29, 0.717) is 12.0 Å². The molecule has 0 radical (unpaired) electrons. The summed E-state index contributed by atoms with van der Waals surface area (Å²) >= 11 is 0. The van der Waals surface area contributed by atoms with E-state index < -0.39 is 0 Å². The Balaban J connectivity index is 1.68. The maximum absolute atomic E-state index is 4.68. The molecule has 0 saturated carbocycles. The van der Waals surface area contributed by atoms with Gasteiger partial charge in [0.25, 0.3) is 0 Å². The Hall–Kier alpha value is -1.16. The van der Waals surface area contributed by atoms with Gasteiger partial charge in [-0.2, -0.15) is 0 Å². The summed E-state index contributed by atoms with van der Waals surface area (Å²) in [6.07, 6.45) is 5.25. The van der Waals surface area contributed by atoms with Gasteiger partial charge in [0.2, 0.25) is 0 Å². The van der Waals surface area contributed by atoms with Crippen molar-refractivity contribution in [3.8, 4) is 0 Å². The highest BCUT2D eigenvalue weighted by Crippen LogP contribution is 2.28. The van der Waals surface area contributed by atoms with Gasteiger partial charge in [0, 0.05) is 36.3 Å². The van der Waals surface area contributed by atoms with Gasteiger partial charge in [-0.05, 0) is 39.2 Å². The van der Waals surface area contributed by atoms with Crippen molar-refractivity contribution >= 4 is 5.82 Å². The number of aromatic nitrogens is 2. The van der Waals surface area contributed by atoms with Crippen LogP contribution in [0.3, 0.4) is 0 Å². The molecule has 0 aromatic carbocycles. The van der Waals surface area contributed by atoms with Crippen LogP contribution >= 0.6 is 0 Å². The zero-order chi connectivity index (χ0) is 14.1. The van der Waals surface area contributed by atoms with E-state index in [1.165, 1.54) is 38.8 Å². The molecule has 0 bridgehead atoms. The quantitative estimate of drug-likeness (QED) is 0.920. The topological polar surface area (TPSA) is 41.0 Å². The molecule has 1 aromatic heterocycles. The third kappa shape index (κ3) is 2.95. The molecule has 2 saturated heterocycles. The number of nitrogens with one attached hydrogen (secondary N) is 1. The standard InChI is InChI=1S/C16H26N4/c1-11(2)16-17-12(3)9-15(19-16)18-13-6-8-20-7-4-5-14(20)10-13/h9,11,13-14H,4-8,10H2,1-3H3,(H,17,18,19). The lowest BCUT2D eigenvalue weighted by Gasteiger charge is -2.35. The second kappa shape index (κ2) is 5.68. The van der Waals surface area contributed by atoms with E-state index in [1.54, 1.807) is 0 Å². The van der Waals surface area contributed by atoms with E-state index in [0.717, 1.165) is 23.4 Å². The monoisotopic (exact) mass is 274 g/mol. The van der Waals surface area contributed by atoms with Gasteiger partial charge in [-0.25, -0.2) is 9.97 Å². The number of anilines is 1. The fourth-order valence-electron chi connectivity index (χ4n) is 3.49. The largest absolute Gasteiger partial charge is 0.367 e. The zero-order valence-corrected chi connectivity index (χ0v) is 12.9. The summed E-state index contributed by atoms with van der Waals surface area (Å²) in [7, 11) is 0. The fourth-order valence-corrected chi connectivity index (χ4v) is 3.49. The molecule has 3 rings (SSSR count). The van der Waals surface area contributed by atoms with Gasteiger partial charge in [0.1, 0.15) is 11.6 Å². The van der Waals surface area contributed by atoms with Crippen LogP contribution in [0.4, 0.5) is 5.82 Å². The average molecular weight is 274 g/mol. The molecule has 2 aliphatic rings. The molecule has 4 heteroatoms. The normalized spacial score (nSPS) is 26.8. The molecule has 110 valence electrons. The molecule has 1 aromatic rings. The Morgan fingerprint density at radius 2 is 2.10 bits per heavy atom. The predicted molar refractivity (Wildman–Crippen MR) is 82.1 cm³/mol. The summed E-state index contributed by atoms with van der Waals surface area (Å²) in [5.41, 5.74) is 1.06. The van der Waals surface area contributed by atoms with Crippen LogP contribution in [-0.4, -0.2) is 40.0 Å². The maximum atomic E-state index is 4.68. The summed E-state index contributed by atoms with van der Waals surface area (Å²) < 4.78 is 0. The van der Waals surface area contributed by atoms with Crippen molar-refractivity contribution in [3.05, 3.63) is 17.6 Å². The van der Waals surface area contributed by atoms with Gasteiger partial charge in [-0.15, -0.1) is 0 Å². The van der Waals surface area contributed by atoms with Gasteiger partial charge < -0.3 is 10.2 Å². The first-order valence-corrected chi connectivity index (χ1v) is 7.98. The molecular weight excluding hydrogens is 248 g/mol. The number of aryl methyl sites for hydroxylation is 1. The minimum absolute atomic E-state index is 0.382. The molecule has 0 aliphatic carbocycles. The van der Waals surface area contributed by atoms with E-state index in [4.69, 9.17) is 0 Å². The van der Waals surface area contributed by atoms with Crippen LogP contribution in [0.2, 0.25) is 0 Å². The lowest BCUT2D eigenvalue weighted by Crippen LogP contribution is -2.42. The van der Waals surface area contributed by atoms with Gasteiger partial charge in [-0.1, -0.05) is 13.8 Å². The Kier molecular flexibility index (Phi) is 3.92. The van der Waals surface area contributed by atoms with Crippen molar-refractivity contribution in [2.75, 3.05) is 18.4 Å². The Morgan fingerprint density at radius 3 is 2.90 bits per heavy atom. The van der Waals surface area contributed by atoms with Crippen LogP contribution in [0.5, 0.6) is 0 Å². The summed E-state index contributed by atoms with van der Waals surface area (Å²) in [5, 5.41) is 3.65. The highest BCUT2D eigenvalue weighted by Gasteiger charge is 2.31. The first-order valence-electron chi connectivity index (χ1n) is 7.98. The molecule has 4 nitrogen and oxygen atoms in total. The molecule has 1 N–H and O–H groups in total. The second-order valence-electron chi connectivity index (χ2n) is 6.61. The number of rotatable bonds is 3. The van der Waals surface area contributed by atoms with Gasteiger partial charge in [-0.3, -0.25) is 0 Å². The lowest BCUT2D eigenvalue weighted by atomic mass is 9.97. The SMILES string of the molecule is Cc1cc(NC2CCN3CCCC3C2)nc(C(C)C)n1. The van der Waals surface area contributed by atoms with E-state index in [9.17, 15) is 0 Å². The van der Waals surface area contributed by atoms with Crippen molar-refractivity contribution in [1.29, 1.82) is 0 Å². The van der Waals surface area contributed by atoms with Crippen molar-refractivity contribution in [2.45, 2.75) is 64.5 Å². The molecule has 2 unspecified atom stereocenters. The van der Waals surface area contributed by atoms with Gasteiger partial charge in [0.15, 0.2) is 0 Å². The Labute approximate surface area is 122 Å². The van der Waals surface area contributed by atoms with Crippen LogP contribution in [0.1, 0.15) is 57.0 Å². The first-order chi connectivity index (χ1) is 9.61. The number of fused-ring (bicyclic) bond motifs is 1. The minimum Gasteiger partial charge on any atom is -0.367 e. The van der Waals surface area contributed by atoms with Crippen LogP contribution in [-0.2, 0) is 0 Å². The summed E-state index contributed by atoms with van der Waals surface area (Å²) in [4.78, 5) is 11.9. The number of hydrogen-bond acceptors (Lipinski definition) is 4. The first kappa shape index (κ1) is 13.8. The molecule has 2 fully saturated rings. The van der Waals surface area contributed by atoms with Gasteiger partial charge >= 0.3 is 0 Å². The van der Waals surface area contributed by atoms with Crippen LogP contribution in [0, 0.1) is 6.92 Å². The Bertz CT molecular complexity index is 472. The predicted octanol–water partition coefficient (Wildman–Crippen LogP) is 2.95. The molecule has 0 amide bonds. The fraction of sp³-hybridized carbons (Fsp3) is 0.750. The van der Waals surface area contributed by atoms with Crippen molar-refractivity contribution in [1.82, 2.24) is 14.9 Å². The van der Waals surface area contributed by atoms with Gasteiger partial charge in [0.05, 0.1) is 0 Å². The summed E-state index contributed by atoms with van der Waals surface area (Å²) in [5.74, 6) is 2.34. The third-order valence-corrected chi connectivity index (χ3v) is 4.56. The molecule has 2 atom stereocenters. The molecule has 3 heterocycles. The maximum Gasteiger partial charge on any atom is 0.133 e. The van der Waals surface area contributed by atoms with Crippen LogP contribution < -0.4 is 5.32 Å². The van der Waals surface area contributed by atoms with Crippen LogP contribution in [0.15, 0.2) is 6.07 Å². The summed E-state index contributed by atoms with van der Waals surface area (Å²) in [6, 6.07) is 3.45. The van der Waals surface area contributed by atoms with Crippen molar-refractivity contribution in [3.63, 3.8) is 0 Å². The lowest BCUT2D eigenvalue weighted by molar-refractivity contribution is 0.188. The van der Waals surface area contributed by atoms with Crippen molar-refractivity contribution < 1.29 is 0 Å². The second-order valence-corrected chi connectivity index (χ2v) is 6.61. The highest BCUT2D eigenvalue weighted by atomic mass is 15.2. The van der Waals surface area contributed by atoms with E-state index >= 15 is 0 Å². The summed E-state index contributed by atoms with van der Waals surface area (Å²) in [6.45, 7) is 8.90. The van der Waals surface area contributed by atoms with E-state index in [-0.39, 0.29) is 0 Å².